The Morgan fingerprint density at radius 2 is 1.32 bits per heavy atom. The predicted molar refractivity (Wildman–Crippen MR) is 213 cm³/mol. The summed E-state index contributed by atoms with van der Waals surface area (Å²) in [6.45, 7) is 11.3. The van der Waals surface area contributed by atoms with Gasteiger partial charge in [-0.2, -0.15) is 0 Å². The Labute approximate surface area is 331 Å². The van der Waals surface area contributed by atoms with E-state index >= 15 is 0 Å². The van der Waals surface area contributed by atoms with E-state index in [1.165, 1.54) is 17.5 Å². The molecule has 0 unspecified atom stereocenters. The van der Waals surface area contributed by atoms with Crippen molar-refractivity contribution in [3.8, 4) is 11.5 Å². The monoisotopic (exact) mass is 766 g/mol. The molecular formula is C44H58N6O6. The molecule has 300 valence electrons. The van der Waals surface area contributed by atoms with E-state index in [2.05, 4.69) is 37.4 Å². The molecule has 2 saturated carbocycles. The maximum atomic E-state index is 12.2. The highest BCUT2D eigenvalue weighted by Crippen LogP contribution is 2.49. The summed E-state index contributed by atoms with van der Waals surface area (Å²) in [5, 5.41) is 3.34. The van der Waals surface area contributed by atoms with Gasteiger partial charge in [-0.3, -0.25) is 19.9 Å². The summed E-state index contributed by atoms with van der Waals surface area (Å²) in [6, 6.07) is 16.5. The van der Waals surface area contributed by atoms with Gasteiger partial charge in [0.25, 0.3) is 0 Å². The average Bonchev–Trinajstić information content (AvgIpc) is 4.08. The van der Waals surface area contributed by atoms with Crippen LogP contribution in [0, 0.1) is 11.8 Å². The molecule has 2 saturated heterocycles. The molecule has 1 amide bonds. The Bertz CT molecular complexity index is 1810. The Morgan fingerprint density at radius 3 is 1.77 bits per heavy atom. The van der Waals surface area contributed by atoms with Crippen molar-refractivity contribution >= 4 is 6.09 Å². The maximum Gasteiger partial charge on any atom is 0.410 e. The zero-order valence-corrected chi connectivity index (χ0v) is 32.2. The summed E-state index contributed by atoms with van der Waals surface area (Å²) in [5.41, 5.74) is 3.89. The molecule has 12 heteroatoms. The molecule has 0 aromatic carbocycles. The Balaban J connectivity index is 0.000000192. The second-order valence-electron chi connectivity index (χ2n) is 16.0. The molecule has 4 fully saturated rings. The Morgan fingerprint density at radius 1 is 0.768 bits per heavy atom. The number of rotatable bonds is 16. The van der Waals surface area contributed by atoms with Gasteiger partial charge in [-0.15, -0.1) is 0 Å². The van der Waals surface area contributed by atoms with Crippen LogP contribution in [-0.2, 0) is 27.4 Å². The first kappa shape index (κ1) is 41.0. The minimum atomic E-state index is -0.488. The molecule has 0 radical (unpaired) electrons. The first-order valence-electron chi connectivity index (χ1n) is 19.6. The number of likely N-dealkylation sites (tertiary alicyclic amines) is 1. The Kier molecular flexibility index (Phi) is 14.3. The van der Waals surface area contributed by atoms with Crippen LogP contribution in [0.3, 0.4) is 0 Å². The molecule has 2 aliphatic heterocycles. The van der Waals surface area contributed by atoms with Gasteiger partial charge in [-0.05, 0) is 124 Å². The third-order valence-corrected chi connectivity index (χ3v) is 10.4. The van der Waals surface area contributed by atoms with E-state index < -0.39 is 5.60 Å². The smallest absolute Gasteiger partial charge is 0.410 e. The molecule has 8 rings (SSSR count). The fraction of sp³-hybridized carbons (Fsp3) is 0.523. The van der Waals surface area contributed by atoms with Crippen LogP contribution in [-0.4, -0.2) is 88.1 Å². The zero-order valence-electron chi connectivity index (χ0n) is 32.2. The minimum absolute atomic E-state index is 0. The minimum Gasteiger partial charge on any atom is -0.490 e. The molecule has 12 nitrogen and oxygen atoms in total. The van der Waals surface area contributed by atoms with Crippen LogP contribution in [0.15, 0.2) is 85.7 Å². The lowest BCUT2D eigenvalue weighted by Gasteiger charge is -2.40. The molecule has 1 N–H and O–H groups in total. The van der Waals surface area contributed by atoms with Crippen molar-refractivity contribution in [3.05, 3.63) is 108 Å². The summed E-state index contributed by atoms with van der Waals surface area (Å²) in [5.74, 6) is 3.72. The molecular weight excluding hydrogens is 709 g/mol. The van der Waals surface area contributed by atoms with Crippen LogP contribution in [0.25, 0.3) is 0 Å². The highest BCUT2D eigenvalue weighted by molar-refractivity contribution is 5.69. The second kappa shape index (κ2) is 19.5. The number of hydrogen-bond donors (Lipinski definition) is 1. The van der Waals surface area contributed by atoms with Crippen LogP contribution in [0.1, 0.15) is 88.2 Å². The summed E-state index contributed by atoms with van der Waals surface area (Å²) < 4.78 is 28.9. The molecule has 0 bridgehead atoms. The highest BCUT2D eigenvalue weighted by Gasteiger charge is 2.40. The van der Waals surface area contributed by atoms with Gasteiger partial charge < -0.3 is 33.9 Å². The number of pyridine rings is 4. The van der Waals surface area contributed by atoms with Crippen molar-refractivity contribution in [2.75, 3.05) is 39.5 Å². The summed E-state index contributed by atoms with van der Waals surface area (Å²) in [6.07, 6.45) is 15.1. The second-order valence-corrected chi connectivity index (χ2v) is 16.0. The first-order valence-corrected chi connectivity index (χ1v) is 19.6. The van der Waals surface area contributed by atoms with Crippen LogP contribution < -0.4 is 14.8 Å². The van der Waals surface area contributed by atoms with E-state index in [1.807, 2.05) is 69.6 Å². The highest BCUT2D eigenvalue weighted by atomic mass is 16.6. The van der Waals surface area contributed by atoms with Gasteiger partial charge in [0.1, 0.15) is 30.3 Å². The molecule has 6 heterocycles. The average molecular weight is 767 g/mol. The van der Waals surface area contributed by atoms with Crippen LogP contribution in [0.2, 0.25) is 0 Å². The Hall–Kier alpha value is -4.65. The fourth-order valence-electron chi connectivity index (χ4n) is 6.77. The third-order valence-electron chi connectivity index (χ3n) is 10.4. The third kappa shape index (κ3) is 12.2. The number of amides is 1. The lowest BCUT2D eigenvalue weighted by Crippen LogP contribution is -2.55. The fourth-order valence-corrected chi connectivity index (χ4v) is 6.77. The topological polar surface area (TPSA) is 130 Å². The van der Waals surface area contributed by atoms with Crippen molar-refractivity contribution < 1.29 is 28.5 Å². The van der Waals surface area contributed by atoms with Gasteiger partial charge in [0.15, 0.2) is 0 Å². The standard InChI is InChI=1S/C24H31N3O4.C19H23N3O2.CH4/c1-24(2,3)31-23(28)27-9-7-20(27)16-30-21-10-17(12-25-13-21)22-11-18(22)14-29-15-19-6-4-5-8-26-19;1-2-5-21-16(3-1)12-23-11-15-8-19(15)14-7-18(10-20-9-14)24-13-17-4-6-22-17;/h4-6,8,10,12-13,18,20,22H,7,9,11,14-16H2,1-3H3;1-3,5,7,9-10,15,17,19,22H,4,6,8,11-13H2;1H4/t18-,20+,22-;15-,17+,19-;/m11./s1. The number of carbonyl (C=O) groups is 1. The molecule has 0 spiro atoms. The number of aromatic nitrogens is 4. The van der Waals surface area contributed by atoms with Crippen molar-refractivity contribution in [1.29, 1.82) is 0 Å². The van der Waals surface area contributed by atoms with Crippen molar-refractivity contribution in [1.82, 2.24) is 30.2 Å². The van der Waals surface area contributed by atoms with E-state index in [9.17, 15) is 4.79 Å². The van der Waals surface area contributed by atoms with E-state index in [4.69, 9.17) is 23.7 Å². The molecule has 4 aromatic rings. The van der Waals surface area contributed by atoms with Gasteiger partial charge in [0.05, 0.1) is 56.3 Å². The molecule has 4 aliphatic rings. The number of nitrogens with one attached hydrogen (secondary N) is 1. The van der Waals surface area contributed by atoms with Gasteiger partial charge in [-0.25, -0.2) is 4.79 Å². The first-order chi connectivity index (χ1) is 26.8. The normalized spacial score (nSPS) is 23.2. The quantitative estimate of drug-likeness (QED) is 0.123. The van der Waals surface area contributed by atoms with Crippen LogP contribution >= 0.6 is 0 Å². The van der Waals surface area contributed by atoms with Crippen molar-refractivity contribution in [2.45, 2.75) is 96.6 Å². The van der Waals surface area contributed by atoms with E-state index in [0.29, 0.717) is 56.1 Å². The molecule has 56 heavy (non-hydrogen) atoms. The predicted octanol–water partition coefficient (Wildman–Crippen LogP) is 7.36. The van der Waals surface area contributed by atoms with Gasteiger partial charge >= 0.3 is 6.09 Å². The van der Waals surface area contributed by atoms with Gasteiger partial charge in [-0.1, -0.05) is 19.6 Å². The van der Waals surface area contributed by atoms with E-state index in [-0.39, 0.29) is 19.6 Å². The number of hydrogen-bond acceptors (Lipinski definition) is 11. The van der Waals surface area contributed by atoms with Crippen LogP contribution in [0.5, 0.6) is 11.5 Å². The lowest BCUT2D eigenvalue weighted by molar-refractivity contribution is -0.0141. The van der Waals surface area contributed by atoms with Crippen molar-refractivity contribution in [2.24, 2.45) is 11.8 Å². The molecule has 6 atom stereocenters. The lowest BCUT2D eigenvalue weighted by atomic mass is 10.1. The maximum absolute atomic E-state index is 12.2. The van der Waals surface area contributed by atoms with Crippen molar-refractivity contribution in [3.63, 3.8) is 0 Å². The van der Waals surface area contributed by atoms with E-state index in [0.717, 1.165) is 68.5 Å². The summed E-state index contributed by atoms with van der Waals surface area (Å²) >= 11 is 0. The van der Waals surface area contributed by atoms with Gasteiger partial charge in [0, 0.05) is 37.4 Å². The number of carbonyl (C=O) groups excluding carboxylic acids is 1. The van der Waals surface area contributed by atoms with Crippen LogP contribution in [0.4, 0.5) is 4.79 Å². The van der Waals surface area contributed by atoms with Gasteiger partial charge in [0.2, 0.25) is 0 Å². The van der Waals surface area contributed by atoms with E-state index in [1.54, 1.807) is 29.7 Å². The number of nitrogens with zero attached hydrogens (tertiary/aromatic N) is 5. The summed E-state index contributed by atoms with van der Waals surface area (Å²) in [7, 11) is 0. The SMILES string of the molecule is C.CC(C)(C)OC(=O)N1CC[C@H]1COc1cncc([C@H]2C[C@@H]2COCc2ccccn2)c1.c1ccc(COC[C@H]2C[C@@H]2c2cncc(OC[C@@H]3CCN3)c2)nc1. The molecule has 4 aromatic heterocycles. The molecule has 2 aliphatic carbocycles. The summed E-state index contributed by atoms with van der Waals surface area (Å²) in [4.78, 5) is 31.2. The zero-order chi connectivity index (χ0) is 38.0. The largest absolute Gasteiger partial charge is 0.490 e. The number of ether oxygens (including phenoxy) is 5.